The summed E-state index contributed by atoms with van der Waals surface area (Å²) < 4.78 is 0. The molecule has 0 aromatic rings. The molecule has 0 heterocycles. The van der Waals surface area contributed by atoms with E-state index < -0.39 is 45.8 Å². The first-order valence-corrected chi connectivity index (χ1v) is 15.6. The zero-order valence-corrected chi connectivity index (χ0v) is 25.4. The summed E-state index contributed by atoms with van der Waals surface area (Å²) in [7, 11) is 0. The maximum Gasteiger partial charge on any atom is 0.379 e. The van der Waals surface area contributed by atoms with Gasteiger partial charge in [0.2, 0.25) is 0 Å². The van der Waals surface area contributed by atoms with E-state index >= 15 is 0 Å². The van der Waals surface area contributed by atoms with Crippen LogP contribution < -0.4 is 0 Å². The molecule has 2 unspecified atom stereocenters. The molecule has 0 rings (SSSR count). The van der Waals surface area contributed by atoms with E-state index in [2.05, 4.69) is 0 Å². The number of rotatable bonds is 29. The highest BCUT2D eigenvalue weighted by Crippen LogP contribution is 2.14. The molecule has 43 heavy (non-hydrogen) atoms. The van der Waals surface area contributed by atoms with Gasteiger partial charge in [0.05, 0.1) is 0 Å². The predicted octanol–water partition coefficient (Wildman–Crippen LogP) is 6.57. The zero-order valence-electron chi connectivity index (χ0n) is 25.4. The van der Waals surface area contributed by atoms with Crippen molar-refractivity contribution < 1.29 is 49.5 Å². The summed E-state index contributed by atoms with van der Waals surface area (Å²) >= 11 is 0. The number of hydrogen-bond acceptors (Lipinski definition) is 8. The van der Waals surface area contributed by atoms with Crippen molar-refractivity contribution in [3.05, 3.63) is 20.2 Å². The number of carboxylic acids is 4. The van der Waals surface area contributed by atoms with Crippen molar-refractivity contribution in [2.24, 2.45) is 0 Å². The normalized spacial score (nSPS) is 12.0. The second kappa shape index (κ2) is 28.8. The molecule has 0 aliphatic carbocycles. The maximum atomic E-state index is 10.6. The van der Waals surface area contributed by atoms with Crippen molar-refractivity contribution in [3.63, 3.8) is 0 Å². The van der Waals surface area contributed by atoms with Crippen molar-refractivity contribution >= 4 is 23.9 Å². The minimum Gasteiger partial charge on any atom is -0.481 e. The van der Waals surface area contributed by atoms with Gasteiger partial charge in [-0.3, -0.25) is 29.8 Å². The predicted molar refractivity (Wildman–Crippen MR) is 158 cm³/mol. The first kappa shape index (κ1) is 41.8. The van der Waals surface area contributed by atoms with Gasteiger partial charge in [-0.1, -0.05) is 96.3 Å². The van der Waals surface area contributed by atoms with Crippen LogP contribution in [0.3, 0.4) is 0 Å². The lowest BCUT2D eigenvalue weighted by Crippen LogP contribution is -2.28. The molecule has 0 amide bonds. The van der Waals surface area contributed by atoms with E-state index in [1.165, 1.54) is 0 Å². The van der Waals surface area contributed by atoms with Crippen molar-refractivity contribution in [2.45, 2.75) is 160 Å². The molecule has 0 radical (unpaired) electrons. The average Bonchev–Trinajstić information content (AvgIpc) is 2.91. The zero-order chi connectivity index (χ0) is 32.9. The van der Waals surface area contributed by atoms with Crippen LogP contribution in [0.1, 0.15) is 148 Å². The third kappa shape index (κ3) is 30.0. The number of unbranched alkanes of at least 4 members (excludes halogenated alkanes) is 17. The minimum absolute atomic E-state index is 0.0948. The monoisotopic (exact) mass is 620 g/mol. The van der Waals surface area contributed by atoms with E-state index in [-0.39, 0.29) is 25.7 Å². The van der Waals surface area contributed by atoms with Crippen LogP contribution >= 0.6 is 0 Å². The molecular weight excluding hydrogens is 568 g/mol. The molecule has 0 saturated heterocycles. The van der Waals surface area contributed by atoms with Crippen LogP contribution in [0, 0.1) is 20.2 Å². The Morgan fingerprint density at radius 1 is 0.419 bits per heavy atom. The fourth-order valence-electron chi connectivity index (χ4n) is 4.52. The first-order chi connectivity index (χ1) is 20.4. The molecule has 0 fully saturated rings. The fourth-order valence-corrected chi connectivity index (χ4v) is 4.52. The number of carbonyl (C=O) groups is 4. The van der Waals surface area contributed by atoms with Gasteiger partial charge in [0.1, 0.15) is 0 Å². The van der Waals surface area contributed by atoms with Gasteiger partial charge in [0.25, 0.3) is 0 Å². The summed E-state index contributed by atoms with van der Waals surface area (Å²) in [4.78, 5) is 61.3. The second-order valence-corrected chi connectivity index (χ2v) is 10.9. The van der Waals surface area contributed by atoms with Crippen molar-refractivity contribution in [1.29, 1.82) is 0 Å². The van der Waals surface area contributed by atoms with Crippen molar-refractivity contribution in [2.75, 3.05) is 0 Å². The topological polar surface area (TPSA) is 235 Å². The van der Waals surface area contributed by atoms with E-state index in [4.69, 9.17) is 20.4 Å². The van der Waals surface area contributed by atoms with Gasteiger partial charge < -0.3 is 20.4 Å². The van der Waals surface area contributed by atoms with Gasteiger partial charge >= 0.3 is 36.0 Å². The van der Waals surface area contributed by atoms with Crippen LogP contribution in [0.25, 0.3) is 0 Å². The highest BCUT2D eigenvalue weighted by Gasteiger charge is 2.28. The highest BCUT2D eigenvalue weighted by molar-refractivity contribution is 5.72. The van der Waals surface area contributed by atoms with E-state index in [1.807, 2.05) is 0 Å². The quantitative estimate of drug-likeness (QED) is 0.0394. The summed E-state index contributed by atoms with van der Waals surface area (Å²) in [6, 6.07) is -2.94. The number of nitrogens with zero attached hydrogens (tertiary/aromatic N) is 2. The lowest BCUT2D eigenvalue weighted by molar-refractivity contribution is -0.511. The molecule has 0 spiro atoms. The lowest BCUT2D eigenvalue weighted by Gasteiger charge is -2.05. The Labute approximate surface area is 253 Å². The van der Waals surface area contributed by atoms with Crippen molar-refractivity contribution in [3.8, 4) is 0 Å². The van der Waals surface area contributed by atoms with E-state index in [0.29, 0.717) is 12.8 Å². The van der Waals surface area contributed by atoms with E-state index in [0.717, 1.165) is 109 Å². The van der Waals surface area contributed by atoms with Crippen molar-refractivity contribution in [1.82, 2.24) is 0 Å². The fraction of sp³-hybridized carbons (Fsp3) is 0.862. The summed E-state index contributed by atoms with van der Waals surface area (Å²) in [5.41, 5.74) is 0. The van der Waals surface area contributed by atoms with E-state index in [1.54, 1.807) is 0 Å². The van der Waals surface area contributed by atoms with Crippen LogP contribution in [-0.2, 0) is 19.2 Å². The molecule has 0 aliphatic heterocycles. The molecule has 0 saturated carbocycles. The molecule has 250 valence electrons. The molecule has 0 aliphatic rings. The third-order valence-corrected chi connectivity index (χ3v) is 7.07. The number of hydrogen-bond donors (Lipinski definition) is 4. The summed E-state index contributed by atoms with van der Waals surface area (Å²) in [6.45, 7) is 0. The number of nitro groups is 2. The Hall–Kier alpha value is -3.32. The van der Waals surface area contributed by atoms with Gasteiger partial charge in [-0.2, -0.15) is 0 Å². The SMILES string of the molecule is O=C(O)CCCCCCCCCCCC(C(=O)O)[N+](=O)[O-].O=C(O)CCCCCCCCCCCCC(C(=O)O)[N+](=O)[O-]. The molecule has 2 atom stereocenters. The molecular formula is C29H52N2O12. The molecule has 0 aromatic carbocycles. The summed E-state index contributed by atoms with van der Waals surface area (Å²) in [5, 5.41) is 55.2. The molecule has 14 heteroatoms. The largest absolute Gasteiger partial charge is 0.481 e. The third-order valence-electron chi connectivity index (χ3n) is 7.07. The highest BCUT2D eigenvalue weighted by atomic mass is 16.6. The number of carboxylic acid groups (broad SMARTS) is 4. The maximum absolute atomic E-state index is 10.6. The van der Waals surface area contributed by atoms with Gasteiger partial charge in [0, 0.05) is 35.5 Å². The van der Waals surface area contributed by atoms with Crippen LogP contribution in [0.15, 0.2) is 0 Å². The average molecular weight is 621 g/mol. The lowest BCUT2D eigenvalue weighted by atomic mass is 10.0. The number of aliphatic carboxylic acids is 4. The van der Waals surface area contributed by atoms with Gasteiger partial charge in [0.15, 0.2) is 0 Å². The standard InChI is InChI=1S/C15H27NO6.C14H25NO6/c17-14(18)12-10-8-6-4-2-1-3-5-7-9-11-13(15(19)20)16(21)22;16-13(17)11-9-7-5-3-1-2-4-6-8-10-12(14(18)19)15(20)21/h13H,1-12H2,(H,17,18)(H,19,20);12H,1-11H2,(H,16,17)(H,18,19). The minimum atomic E-state index is -1.47. The smallest absolute Gasteiger partial charge is 0.379 e. The van der Waals surface area contributed by atoms with E-state index in [9.17, 15) is 39.4 Å². The Balaban J connectivity index is 0. The Bertz CT molecular complexity index is 778. The van der Waals surface area contributed by atoms with Gasteiger partial charge in [-0.25, -0.2) is 9.59 Å². The molecule has 4 N–H and O–H groups in total. The molecule has 14 nitrogen and oxygen atoms in total. The van der Waals surface area contributed by atoms with Gasteiger partial charge in [-0.15, -0.1) is 0 Å². The van der Waals surface area contributed by atoms with Crippen LogP contribution in [0.5, 0.6) is 0 Å². The Morgan fingerprint density at radius 3 is 0.814 bits per heavy atom. The molecule has 0 bridgehead atoms. The van der Waals surface area contributed by atoms with Crippen LogP contribution in [-0.4, -0.2) is 66.2 Å². The second-order valence-electron chi connectivity index (χ2n) is 10.9. The Morgan fingerprint density at radius 2 is 0.628 bits per heavy atom. The summed E-state index contributed by atoms with van der Waals surface area (Å²) in [6.07, 6.45) is 18.5. The van der Waals surface area contributed by atoms with Gasteiger partial charge in [-0.05, 0) is 25.7 Å². The van der Waals surface area contributed by atoms with Crippen LogP contribution in [0.2, 0.25) is 0 Å². The first-order valence-electron chi connectivity index (χ1n) is 15.6. The molecule has 0 aromatic heterocycles. The Kier molecular flexibility index (Phi) is 28.0. The van der Waals surface area contributed by atoms with Crippen LogP contribution in [0.4, 0.5) is 0 Å². The summed E-state index contributed by atoms with van der Waals surface area (Å²) in [5.74, 6) is -4.19.